The number of phenols is 1. The maximum absolute atomic E-state index is 13.0. The molecule has 0 aliphatic carbocycles. The molecule has 2 N–H and O–H groups in total. The fourth-order valence-electron chi connectivity index (χ4n) is 2.08. The Labute approximate surface area is 154 Å². The minimum atomic E-state index is -4.72. The van der Waals surface area contributed by atoms with Crippen molar-refractivity contribution < 1.29 is 23.2 Å². The van der Waals surface area contributed by atoms with Crippen LogP contribution in [0.1, 0.15) is 11.1 Å². The summed E-state index contributed by atoms with van der Waals surface area (Å²) in [6.45, 7) is 0.215. The van der Waals surface area contributed by atoms with Crippen molar-refractivity contribution in [3.8, 4) is 5.75 Å². The van der Waals surface area contributed by atoms with Gasteiger partial charge in [-0.1, -0.05) is 15.9 Å². The van der Waals surface area contributed by atoms with E-state index in [0.29, 0.717) is 11.6 Å². The maximum Gasteiger partial charge on any atom is 0.418 e. The number of hydrogen-bond acceptors (Lipinski definition) is 5. The van der Waals surface area contributed by atoms with Gasteiger partial charge in [0.2, 0.25) is 0 Å². The average molecular weight is 432 g/mol. The third kappa shape index (κ3) is 5.19. The summed E-state index contributed by atoms with van der Waals surface area (Å²) in [5.74, 6) is 0.0274. The van der Waals surface area contributed by atoms with Crippen LogP contribution >= 0.6 is 15.9 Å². The number of nitrogens with zero attached hydrogens (tertiary/aromatic N) is 2. The highest BCUT2D eigenvalue weighted by Crippen LogP contribution is 2.36. The number of benzene rings is 2. The molecule has 0 radical (unpaired) electrons. The molecule has 0 unspecified atom stereocenters. The summed E-state index contributed by atoms with van der Waals surface area (Å²) >= 11 is 3.25. The fourth-order valence-corrected chi connectivity index (χ4v) is 2.46. The minimum absolute atomic E-state index is 0.0274. The third-order valence-electron chi connectivity index (χ3n) is 3.30. The van der Waals surface area contributed by atoms with Gasteiger partial charge in [-0.2, -0.15) is 13.2 Å². The number of nitro groups is 1. The number of nitrogens with one attached hydrogen (secondary N) is 1. The molecular weight excluding hydrogens is 419 g/mol. The highest BCUT2D eigenvalue weighted by molar-refractivity contribution is 9.10. The highest BCUT2D eigenvalue weighted by Gasteiger charge is 2.35. The summed E-state index contributed by atoms with van der Waals surface area (Å²) < 4.78 is 39.9. The Morgan fingerprint density at radius 3 is 2.65 bits per heavy atom. The maximum atomic E-state index is 13.0. The molecule has 6 nitrogen and oxygen atoms in total. The Balaban J connectivity index is 2.04. The number of non-ortho nitro benzene ring substituents is 1. The zero-order chi connectivity index (χ0) is 19.3. The van der Waals surface area contributed by atoms with E-state index < -0.39 is 22.4 Å². The van der Waals surface area contributed by atoms with Crippen molar-refractivity contribution >= 4 is 33.5 Å². The van der Waals surface area contributed by atoms with Gasteiger partial charge in [-0.05, 0) is 24.3 Å². The SMILES string of the molecule is O=[N+]([O-])c1ccc(NCCN=Cc2cc(Br)ccc2O)c(C(F)(F)F)c1. The van der Waals surface area contributed by atoms with Crippen LogP contribution in [0.25, 0.3) is 0 Å². The smallest absolute Gasteiger partial charge is 0.418 e. The van der Waals surface area contributed by atoms with Crippen molar-refractivity contribution in [2.45, 2.75) is 6.18 Å². The first kappa shape index (κ1) is 19.7. The molecule has 0 aromatic heterocycles. The number of alkyl halides is 3. The minimum Gasteiger partial charge on any atom is -0.507 e. The zero-order valence-electron chi connectivity index (χ0n) is 13.1. The van der Waals surface area contributed by atoms with Gasteiger partial charge in [0.15, 0.2) is 0 Å². The van der Waals surface area contributed by atoms with E-state index >= 15 is 0 Å². The van der Waals surface area contributed by atoms with Crippen LogP contribution in [0, 0.1) is 10.1 Å². The first-order valence-electron chi connectivity index (χ1n) is 7.26. The van der Waals surface area contributed by atoms with E-state index in [1.807, 2.05) is 0 Å². The first-order chi connectivity index (χ1) is 12.2. The van der Waals surface area contributed by atoms with Crippen molar-refractivity contribution in [3.05, 3.63) is 62.1 Å². The summed E-state index contributed by atoms with van der Waals surface area (Å²) in [6, 6.07) is 7.29. The summed E-state index contributed by atoms with van der Waals surface area (Å²) in [5.41, 5.74) is -1.54. The van der Waals surface area contributed by atoms with Crippen molar-refractivity contribution in [2.24, 2.45) is 4.99 Å². The van der Waals surface area contributed by atoms with E-state index in [0.717, 1.165) is 16.6 Å². The van der Waals surface area contributed by atoms with E-state index in [1.165, 1.54) is 12.3 Å². The molecule has 0 saturated carbocycles. The fraction of sp³-hybridized carbons (Fsp3) is 0.188. The Bertz CT molecular complexity index is 841. The van der Waals surface area contributed by atoms with Gasteiger partial charge in [0.05, 0.1) is 17.0 Å². The Morgan fingerprint density at radius 2 is 2.00 bits per heavy atom. The van der Waals surface area contributed by atoms with Gasteiger partial charge in [0, 0.05) is 40.6 Å². The molecule has 0 saturated heterocycles. The monoisotopic (exact) mass is 431 g/mol. The number of hydrogen-bond donors (Lipinski definition) is 2. The molecule has 0 atom stereocenters. The predicted octanol–water partition coefficient (Wildman–Crippen LogP) is 4.61. The van der Waals surface area contributed by atoms with Crippen LogP contribution in [0.5, 0.6) is 5.75 Å². The second-order valence-corrected chi connectivity index (χ2v) is 6.07. The molecule has 2 rings (SSSR count). The van der Waals surface area contributed by atoms with Crippen LogP contribution in [-0.2, 0) is 6.18 Å². The van der Waals surface area contributed by atoms with Crippen LogP contribution in [0.3, 0.4) is 0 Å². The quantitative estimate of drug-likeness (QED) is 0.302. The van der Waals surface area contributed by atoms with Crippen LogP contribution in [-0.4, -0.2) is 29.3 Å². The van der Waals surface area contributed by atoms with E-state index in [9.17, 15) is 28.4 Å². The normalized spacial score (nSPS) is 11.7. The average Bonchev–Trinajstić information content (AvgIpc) is 2.56. The summed E-state index contributed by atoms with van der Waals surface area (Å²) in [7, 11) is 0. The molecule has 0 spiro atoms. The summed E-state index contributed by atoms with van der Waals surface area (Å²) in [6.07, 6.45) is -3.32. The molecule has 2 aromatic carbocycles. The van der Waals surface area contributed by atoms with Gasteiger partial charge >= 0.3 is 6.18 Å². The van der Waals surface area contributed by atoms with Gasteiger partial charge in [0.25, 0.3) is 5.69 Å². The second kappa shape index (κ2) is 8.17. The number of rotatable bonds is 6. The Morgan fingerprint density at radius 1 is 1.27 bits per heavy atom. The number of phenolic OH excluding ortho intramolecular Hbond substituents is 1. The van der Waals surface area contributed by atoms with E-state index in [1.54, 1.807) is 12.1 Å². The molecule has 26 heavy (non-hydrogen) atoms. The lowest BCUT2D eigenvalue weighted by Gasteiger charge is -2.13. The summed E-state index contributed by atoms with van der Waals surface area (Å²) in [5, 5.41) is 22.9. The van der Waals surface area contributed by atoms with Gasteiger partial charge in [-0.15, -0.1) is 0 Å². The molecule has 2 aromatic rings. The molecule has 0 aliphatic rings. The molecule has 0 amide bonds. The zero-order valence-corrected chi connectivity index (χ0v) is 14.7. The van der Waals surface area contributed by atoms with Crippen LogP contribution in [0.4, 0.5) is 24.5 Å². The van der Waals surface area contributed by atoms with Crippen LogP contribution in [0.2, 0.25) is 0 Å². The third-order valence-corrected chi connectivity index (χ3v) is 3.79. The predicted molar refractivity (Wildman–Crippen MR) is 94.9 cm³/mol. The lowest BCUT2D eigenvalue weighted by molar-refractivity contribution is -0.385. The topological polar surface area (TPSA) is 87.8 Å². The Kier molecular flexibility index (Phi) is 6.19. The van der Waals surface area contributed by atoms with Gasteiger partial charge in [-0.3, -0.25) is 15.1 Å². The largest absolute Gasteiger partial charge is 0.507 e. The van der Waals surface area contributed by atoms with E-state index in [4.69, 9.17) is 0 Å². The molecule has 138 valence electrons. The van der Waals surface area contributed by atoms with E-state index in [2.05, 4.69) is 26.2 Å². The number of nitro benzene ring substituents is 1. The number of anilines is 1. The molecular formula is C16H13BrF3N3O3. The van der Waals surface area contributed by atoms with Crippen molar-refractivity contribution in [1.29, 1.82) is 0 Å². The molecule has 0 heterocycles. The van der Waals surface area contributed by atoms with Crippen LogP contribution in [0.15, 0.2) is 45.9 Å². The molecule has 0 bridgehead atoms. The van der Waals surface area contributed by atoms with Crippen LogP contribution < -0.4 is 5.32 Å². The number of halogens is 4. The van der Waals surface area contributed by atoms with Crippen molar-refractivity contribution in [1.82, 2.24) is 0 Å². The molecule has 0 fully saturated rings. The van der Waals surface area contributed by atoms with Gasteiger partial charge in [0.1, 0.15) is 5.75 Å². The molecule has 0 aliphatic heterocycles. The van der Waals surface area contributed by atoms with Crippen molar-refractivity contribution in [2.75, 3.05) is 18.4 Å². The number of aromatic hydroxyl groups is 1. The Hall–Kier alpha value is -2.62. The highest BCUT2D eigenvalue weighted by atomic mass is 79.9. The summed E-state index contributed by atoms with van der Waals surface area (Å²) in [4.78, 5) is 13.8. The second-order valence-electron chi connectivity index (χ2n) is 5.15. The lowest BCUT2D eigenvalue weighted by Crippen LogP contribution is -2.13. The van der Waals surface area contributed by atoms with Gasteiger partial charge < -0.3 is 10.4 Å². The van der Waals surface area contributed by atoms with Gasteiger partial charge in [-0.25, -0.2) is 0 Å². The standard InChI is InChI=1S/C16H13BrF3N3O3/c17-11-1-4-15(24)10(7-11)9-21-5-6-22-14-3-2-12(23(25)26)8-13(14)16(18,19)20/h1-4,7-9,22,24H,5-6H2. The van der Waals surface area contributed by atoms with Crippen molar-refractivity contribution in [3.63, 3.8) is 0 Å². The first-order valence-corrected chi connectivity index (χ1v) is 8.05. The van der Waals surface area contributed by atoms with E-state index in [-0.39, 0.29) is 24.5 Å². The molecule has 10 heteroatoms. The number of aliphatic imine (C=N–C) groups is 1. The lowest BCUT2D eigenvalue weighted by atomic mass is 10.1.